The second-order valence-corrected chi connectivity index (χ2v) is 5.53. The summed E-state index contributed by atoms with van der Waals surface area (Å²) in [6.45, 7) is 0. The number of nitrogens with zero attached hydrogens (tertiary/aromatic N) is 1. The minimum Gasteiger partial charge on any atom is -0.467 e. The summed E-state index contributed by atoms with van der Waals surface area (Å²) in [7, 11) is 1.27. The first kappa shape index (κ1) is 14.9. The van der Waals surface area contributed by atoms with Crippen LogP contribution in [0.2, 0.25) is 0 Å². The lowest BCUT2D eigenvalue weighted by atomic mass is 10.0. The molecule has 1 saturated heterocycles. The minimum absolute atomic E-state index is 0.0833. The van der Waals surface area contributed by atoms with Gasteiger partial charge in [0.05, 0.1) is 17.6 Å². The van der Waals surface area contributed by atoms with Gasteiger partial charge in [0.1, 0.15) is 6.10 Å². The molecule has 1 aromatic carbocycles. The molecule has 2 atom stereocenters. The van der Waals surface area contributed by atoms with Crippen LogP contribution in [0.15, 0.2) is 24.3 Å². The van der Waals surface area contributed by atoms with Crippen LogP contribution in [0.5, 0.6) is 0 Å². The Morgan fingerprint density at radius 3 is 2.64 bits per heavy atom. The monoisotopic (exact) mass is 307 g/mol. The van der Waals surface area contributed by atoms with Crippen molar-refractivity contribution in [2.75, 3.05) is 7.11 Å². The van der Waals surface area contributed by atoms with Crippen molar-refractivity contribution in [2.45, 2.75) is 43.7 Å². The molecule has 2 unspecified atom stereocenters. The van der Waals surface area contributed by atoms with Crippen LogP contribution >= 0.6 is 0 Å². The third kappa shape index (κ3) is 2.46. The van der Waals surface area contributed by atoms with E-state index in [2.05, 4.69) is 0 Å². The Hall–Kier alpha value is -1.99. The molecule has 3 rings (SSSR count). The first-order valence-electron chi connectivity index (χ1n) is 7.23. The number of rotatable bonds is 3. The number of nitro groups is 1. The van der Waals surface area contributed by atoms with E-state index in [9.17, 15) is 14.9 Å². The van der Waals surface area contributed by atoms with Gasteiger partial charge < -0.3 is 14.2 Å². The number of carbonyl (C=O) groups is 1. The Morgan fingerprint density at radius 1 is 1.32 bits per heavy atom. The molecule has 22 heavy (non-hydrogen) atoms. The van der Waals surface area contributed by atoms with Crippen LogP contribution in [0, 0.1) is 10.1 Å². The fraction of sp³-hybridized carbons (Fsp3) is 0.533. The highest BCUT2D eigenvalue weighted by molar-refractivity contribution is 5.76. The van der Waals surface area contributed by atoms with Crippen molar-refractivity contribution in [3.8, 4) is 0 Å². The van der Waals surface area contributed by atoms with Crippen LogP contribution in [0.3, 0.4) is 0 Å². The van der Waals surface area contributed by atoms with Gasteiger partial charge in [-0.05, 0) is 18.9 Å². The van der Waals surface area contributed by atoms with Gasteiger partial charge in [0.25, 0.3) is 5.69 Å². The van der Waals surface area contributed by atoms with Gasteiger partial charge >= 0.3 is 5.97 Å². The van der Waals surface area contributed by atoms with Crippen LogP contribution < -0.4 is 0 Å². The van der Waals surface area contributed by atoms with Gasteiger partial charge in [0, 0.05) is 18.9 Å². The smallest absolute Gasteiger partial charge is 0.338 e. The number of nitro benzene ring substituents is 1. The van der Waals surface area contributed by atoms with E-state index in [0.717, 1.165) is 12.8 Å². The molecule has 2 fully saturated rings. The van der Waals surface area contributed by atoms with Crippen molar-refractivity contribution < 1.29 is 23.9 Å². The molecule has 7 nitrogen and oxygen atoms in total. The third-order valence-corrected chi connectivity index (χ3v) is 4.20. The maximum absolute atomic E-state index is 12.0. The van der Waals surface area contributed by atoms with E-state index in [1.165, 1.54) is 13.2 Å². The van der Waals surface area contributed by atoms with Crippen LogP contribution in [0.4, 0.5) is 5.69 Å². The second-order valence-electron chi connectivity index (χ2n) is 5.53. The fourth-order valence-corrected chi connectivity index (χ4v) is 3.17. The average molecular weight is 307 g/mol. The highest BCUT2D eigenvalue weighted by atomic mass is 16.8. The minimum atomic E-state index is -0.982. The van der Waals surface area contributed by atoms with Gasteiger partial charge in [-0.2, -0.15) is 0 Å². The lowest BCUT2D eigenvalue weighted by Crippen LogP contribution is -2.30. The topological polar surface area (TPSA) is 87.9 Å². The standard InChI is InChI=1S/C15H17NO6/c1-20-14(17)13-12(21-15(22-13)8-4-5-9-15)10-6-2-3-7-11(10)16(18)19/h2-3,6-7,12-13H,4-5,8-9H2,1H3. The van der Waals surface area contributed by atoms with E-state index in [1.54, 1.807) is 18.2 Å². The van der Waals surface area contributed by atoms with Crippen molar-refractivity contribution >= 4 is 11.7 Å². The SMILES string of the molecule is COC(=O)C1OC2(CCCC2)OC1c1ccccc1[N+](=O)[O-]. The van der Waals surface area contributed by atoms with Crippen LogP contribution in [0.25, 0.3) is 0 Å². The summed E-state index contributed by atoms with van der Waals surface area (Å²) in [6.07, 6.45) is 1.43. The number of esters is 1. The maximum Gasteiger partial charge on any atom is 0.338 e. The van der Waals surface area contributed by atoms with E-state index >= 15 is 0 Å². The molecule has 0 amide bonds. The normalized spacial score (nSPS) is 26.2. The molecule has 0 N–H and O–H groups in total. The third-order valence-electron chi connectivity index (χ3n) is 4.20. The zero-order valence-electron chi connectivity index (χ0n) is 12.2. The van der Waals surface area contributed by atoms with Gasteiger partial charge in [-0.3, -0.25) is 10.1 Å². The number of hydrogen-bond acceptors (Lipinski definition) is 6. The molecular weight excluding hydrogens is 290 g/mol. The zero-order chi connectivity index (χ0) is 15.7. The molecule has 1 heterocycles. The molecule has 1 aromatic rings. The Kier molecular flexibility index (Phi) is 3.84. The predicted octanol–water partition coefficient (Wildman–Crippen LogP) is 2.49. The number of para-hydroxylation sites is 1. The summed E-state index contributed by atoms with van der Waals surface area (Å²) >= 11 is 0. The van der Waals surface area contributed by atoms with E-state index < -0.39 is 28.9 Å². The van der Waals surface area contributed by atoms with E-state index in [4.69, 9.17) is 14.2 Å². The largest absolute Gasteiger partial charge is 0.467 e. The van der Waals surface area contributed by atoms with E-state index in [1.807, 2.05) is 0 Å². The first-order valence-corrected chi connectivity index (χ1v) is 7.23. The highest BCUT2D eigenvalue weighted by Crippen LogP contribution is 2.48. The summed E-state index contributed by atoms with van der Waals surface area (Å²) in [4.78, 5) is 22.8. The average Bonchev–Trinajstić information content (AvgIpc) is 3.14. The number of methoxy groups -OCH3 is 1. The van der Waals surface area contributed by atoms with E-state index in [0.29, 0.717) is 18.4 Å². The molecule has 1 saturated carbocycles. The quantitative estimate of drug-likeness (QED) is 0.484. The van der Waals surface area contributed by atoms with Crippen LogP contribution in [-0.4, -0.2) is 29.9 Å². The molecule has 1 aliphatic carbocycles. The molecular formula is C15H17NO6. The Labute approximate surface area is 127 Å². The van der Waals surface area contributed by atoms with Crippen molar-refractivity contribution in [2.24, 2.45) is 0 Å². The van der Waals surface area contributed by atoms with Crippen LogP contribution in [0.1, 0.15) is 37.4 Å². The zero-order valence-corrected chi connectivity index (χ0v) is 12.2. The molecule has 7 heteroatoms. The number of benzene rings is 1. The number of ether oxygens (including phenoxy) is 3. The van der Waals surface area contributed by atoms with Crippen molar-refractivity contribution in [3.63, 3.8) is 0 Å². The van der Waals surface area contributed by atoms with Crippen molar-refractivity contribution in [1.82, 2.24) is 0 Å². The van der Waals surface area contributed by atoms with Gasteiger partial charge in [0.2, 0.25) is 0 Å². The molecule has 0 aromatic heterocycles. The summed E-state index contributed by atoms with van der Waals surface area (Å²) < 4.78 is 16.6. The molecule has 118 valence electrons. The lowest BCUT2D eigenvalue weighted by Gasteiger charge is -2.21. The summed E-state index contributed by atoms with van der Waals surface area (Å²) in [5, 5.41) is 11.2. The van der Waals surface area contributed by atoms with Crippen molar-refractivity contribution in [3.05, 3.63) is 39.9 Å². The second kappa shape index (κ2) is 5.66. The summed E-state index contributed by atoms with van der Waals surface area (Å²) in [5.74, 6) is -1.40. The highest BCUT2D eigenvalue weighted by Gasteiger charge is 2.53. The Balaban J connectivity index is 1.99. The van der Waals surface area contributed by atoms with Gasteiger partial charge in [-0.25, -0.2) is 4.79 Å². The Bertz CT molecular complexity index is 595. The van der Waals surface area contributed by atoms with Gasteiger partial charge in [-0.1, -0.05) is 12.1 Å². The lowest BCUT2D eigenvalue weighted by molar-refractivity contribution is -0.386. The predicted molar refractivity (Wildman–Crippen MR) is 75.0 cm³/mol. The fourth-order valence-electron chi connectivity index (χ4n) is 3.17. The maximum atomic E-state index is 12.0. The number of carbonyl (C=O) groups excluding carboxylic acids is 1. The molecule has 1 spiro atoms. The molecule has 0 bridgehead atoms. The molecule has 1 aliphatic heterocycles. The van der Waals surface area contributed by atoms with E-state index in [-0.39, 0.29) is 5.69 Å². The summed E-state index contributed by atoms with van der Waals surface area (Å²) in [5.41, 5.74) is 0.256. The summed E-state index contributed by atoms with van der Waals surface area (Å²) in [6, 6.07) is 6.25. The van der Waals surface area contributed by atoms with Crippen LogP contribution in [-0.2, 0) is 19.0 Å². The first-order chi connectivity index (χ1) is 10.6. The molecule has 2 aliphatic rings. The van der Waals surface area contributed by atoms with Gasteiger partial charge in [0.15, 0.2) is 11.9 Å². The molecule has 0 radical (unpaired) electrons. The Morgan fingerprint density at radius 2 is 2.00 bits per heavy atom. The van der Waals surface area contributed by atoms with Gasteiger partial charge in [-0.15, -0.1) is 0 Å². The van der Waals surface area contributed by atoms with Crippen molar-refractivity contribution in [1.29, 1.82) is 0 Å². The number of hydrogen-bond donors (Lipinski definition) is 0.